The van der Waals surface area contributed by atoms with Crippen molar-refractivity contribution in [2.75, 3.05) is 26.4 Å². The Labute approximate surface area is 212 Å². The Morgan fingerprint density at radius 3 is 2.14 bits per heavy atom. The summed E-state index contributed by atoms with van der Waals surface area (Å²) in [6.07, 6.45) is 4.03. The number of amides is 1. The number of carbonyl (C=O) groups excluding carboxylic acids is 4. The van der Waals surface area contributed by atoms with Gasteiger partial charge >= 0.3 is 0 Å². The van der Waals surface area contributed by atoms with Crippen molar-refractivity contribution in [2.45, 2.75) is 53.0 Å². The molecule has 1 atom stereocenters. The molecule has 1 amide bonds. The van der Waals surface area contributed by atoms with Crippen LogP contribution in [0.5, 0.6) is 0 Å². The molecule has 194 valence electrons. The number of ether oxygens (including phenoxy) is 2. The number of aromatic nitrogens is 2. The van der Waals surface area contributed by atoms with Gasteiger partial charge in [0.2, 0.25) is 0 Å². The Bertz CT molecular complexity index is 1020. The van der Waals surface area contributed by atoms with Gasteiger partial charge in [0.25, 0.3) is 5.91 Å². The number of hydrogen-bond donors (Lipinski definition) is 1. The van der Waals surface area contributed by atoms with Crippen molar-refractivity contribution in [3.05, 3.63) is 47.9 Å². The van der Waals surface area contributed by atoms with Crippen LogP contribution in [0, 0.1) is 5.92 Å². The van der Waals surface area contributed by atoms with Crippen LogP contribution < -0.4 is 5.32 Å². The second-order valence-corrected chi connectivity index (χ2v) is 8.78. The number of nitrogens with one attached hydrogen (secondary N) is 1. The predicted octanol–water partition coefficient (Wildman–Crippen LogP) is 3.46. The summed E-state index contributed by atoms with van der Waals surface area (Å²) in [4.78, 5) is 56.0. The molecule has 0 saturated carbocycles. The van der Waals surface area contributed by atoms with Crippen LogP contribution in [0.4, 0.5) is 0 Å². The minimum absolute atomic E-state index is 0.0204. The molecule has 0 aliphatic heterocycles. The van der Waals surface area contributed by atoms with Crippen molar-refractivity contribution in [1.82, 2.24) is 15.3 Å². The van der Waals surface area contributed by atoms with E-state index >= 15 is 0 Å². The normalized spacial score (nSPS) is 11.8. The Morgan fingerprint density at radius 1 is 0.917 bits per heavy atom. The first-order valence-electron chi connectivity index (χ1n) is 12.1. The van der Waals surface area contributed by atoms with Gasteiger partial charge in [0, 0.05) is 43.1 Å². The van der Waals surface area contributed by atoms with E-state index in [1.54, 1.807) is 37.4 Å². The van der Waals surface area contributed by atoms with Crippen molar-refractivity contribution in [3.8, 4) is 11.3 Å². The third-order valence-corrected chi connectivity index (χ3v) is 5.40. The van der Waals surface area contributed by atoms with Gasteiger partial charge in [-0.15, -0.1) is 0 Å². The summed E-state index contributed by atoms with van der Waals surface area (Å²) in [7, 11) is 0. The van der Waals surface area contributed by atoms with Gasteiger partial charge in [-0.05, 0) is 31.2 Å². The lowest BCUT2D eigenvalue weighted by Gasteiger charge is -2.19. The van der Waals surface area contributed by atoms with E-state index in [4.69, 9.17) is 9.47 Å². The number of hydrogen-bond acceptors (Lipinski definition) is 8. The first-order chi connectivity index (χ1) is 17.2. The minimum Gasteiger partial charge on any atom is -0.379 e. The summed E-state index contributed by atoms with van der Waals surface area (Å²) >= 11 is 0. The number of ketones is 3. The third-order valence-electron chi connectivity index (χ3n) is 5.40. The topological polar surface area (TPSA) is 125 Å². The van der Waals surface area contributed by atoms with Gasteiger partial charge in [0.15, 0.2) is 5.78 Å². The van der Waals surface area contributed by atoms with Crippen molar-refractivity contribution in [2.24, 2.45) is 5.92 Å². The van der Waals surface area contributed by atoms with Crippen molar-refractivity contribution < 1.29 is 28.7 Å². The summed E-state index contributed by atoms with van der Waals surface area (Å²) in [5, 5.41) is 2.87. The molecule has 2 aromatic heterocycles. The fraction of sp³-hybridized carbons (Fsp3) is 0.481. The highest BCUT2D eigenvalue weighted by molar-refractivity contribution is 5.95. The molecule has 9 heteroatoms. The van der Waals surface area contributed by atoms with Crippen LogP contribution in [0.1, 0.15) is 67.8 Å². The number of carbonyl (C=O) groups is 4. The van der Waals surface area contributed by atoms with E-state index in [1.165, 1.54) is 13.1 Å². The molecule has 1 unspecified atom stereocenters. The highest BCUT2D eigenvalue weighted by Crippen LogP contribution is 2.17. The average molecular weight is 498 g/mol. The summed E-state index contributed by atoms with van der Waals surface area (Å²) in [6, 6.07) is 6.33. The van der Waals surface area contributed by atoms with Gasteiger partial charge in [0.1, 0.15) is 17.3 Å². The third kappa shape index (κ3) is 9.75. The molecule has 1 N–H and O–H groups in total. The second kappa shape index (κ2) is 15.0. The number of rotatable bonds is 16. The van der Waals surface area contributed by atoms with Crippen molar-refractivity contribution in [1.29, 1.82) is 0 Å². The van der Waals surface area contributed by atoms with E-state index in [0.717, 1.165) is 5.56 Å². The first-order valence-corrected chi connectivity index (χ1v) is 12.1. The monoisotopic (exact) mass is 497 g/mol. The quantitative estimate of drug-likeness (QED) is 0.276. The van der Waals surface area contributed by atoms with Crippen LogP contribution in [0.25, 0.3) is 11.3 Å². The lowest BCUT2D eigenvalue weighted by atomic mass is 10.1. The van der Waals surface area contributed by atoms with Crippen LogP contribution in [0.3, 0.4) is 0 Å². The lowest BCUT2D eigenvalue weighted by Crippen LogP contribution is -2.42. The molecule has 2 rings (SSSR count). The number of Topliss-reactive ketones (excluding diaryl/α,β-unsaturated/α-hetero) is 3. The molecule has 0 bridgehead atoms. The zero-order chi connectivity index (χ0) is 26.5. The van der Waals surface area contributed by atoms with Gasteiger partial charge in [-0.2, -0.15) is 0 Å². The predicted molar refractivity (Wildman–Crippen MR) is 135 cm³/mol. The second-order valence-electron chi connectivity index (χ2n) is 8.78. The van der Waals surface area contributed by atoms with Crippen LogP contribution in [-0.2, 0) is 19.1 Å². The lowest BCUT2D eigenvalue weighted by molar-refractivity contribution is -0.123. The van der Waals surface area contributed by atoms with E-state index in [2.05, 4.69) is 15.3 Å². The van der Waals surface area contributed by atoms with E-state index in [0.29, 0.717) is 29.8 Å². The van der Waals surface area contributed by atoms with Crippen LogP contribution in [-0.4, -0.2) is 65.7 Å². The molecule has 0 saturated heterocycles. The highest BCUT2D eigenvalue weighted by Gasteiger charge is 2.16. The maximum atomic E-state index is 12.8. The zero-order valence-electron chi connectivity index (χ0n) is 21.4. The standard InChI is InChI=1S/C27H35N3O6/c1-5-25(32)24-9-6-20(14-29-24)23-8-7-21(15-28-23)27(34)30-22(16-35-12-10-19(4)31)17-36-13-11-26(33)18(2)3/h6-9,14-15,18,22H,5,10-13,16-17H2,1-4H3,(H,30,34). The maximum Gasteiger partial charge on any atom is 0.253 e. The molecule has 0 aromatic carbocycles. The smallest absolute Gasteiger partial charge is 0.253 e. The Balaban J connectivity index is 1.97. The Morgan fingerprint density at radius 2 is 1.61 bits per heavy atom. The van der Waals surface area contributed by atoms with E-state index < -0.39 is 6.04 Å². The molecule has 0 aliphatic carbocycles. The molecule has 2 heterocycles. The van der Waals surface area contributed by atoms with Crippen LogP contribution in [0.15, 0.2) is 36.7 Å². The highest BCUT2D eigenvalue weighted by atomic mass is 16.5. The van der Waals surface area contributed by atoms with Gasteiger partial charge in [-0.25, -0.2) is 0 Å². The van der Waals surface area contributed by atoms with Crippen LogP contribution in [0.2, 0.25) is 0 Å². The van der Waals surface area contributed by atoms with E-state index in [-0.39, 0.29) is 62.0 Å². The first kappa shape index (κ1) is 28.9. The maximum absolute atomic E-state index is 12.8. The SMILES string of the molecule is CCC(=O)c1ccc(-c2ccc(C(=O)NC(COCCC(C)=O)COCCC(=O)C(C)C)cn2)cn1. The van der Waals surface area contributed by atoms with E-state index in [9.17, 15) is 19.2 Å². The Hall–Kier alpha value is -3.30. The van der Waals surface area contributed by atoms with Crippen molar-refractivity contribution >= 4 is 23.3 Å². The fourth-order valence-electron chi connectivity index (χ4n) is 3.12. The van der Waals surface area contributed by atoms with Crippen molar-refractivity contribution in [3.63, 3.8) is 0 Å². The van der Waals surface area contributed by atoms with Crippen LogP contribution >= 0.6 is 0 Å². The molecule has 0 aliphatic rings. The number of pyridine rings is 2. The molecular weight excluding hydrogens is 462 g/mol. The molecule has 2 aromatic rings. The largest absolute Gasteiger partial charge is 0.379 e. The molecule has 0 fully saturated rings. The summed E-state index contributed by atoms with van der Waals surface area (Å²) in [5.74, 6) is -0.301. The molecule has 36 heavy (non-hydrogen) atoms. The minimum atomic E-state index is -0.467. The van der Waals surface area contributed by atoms with Gasteiger partial charge in [0.05, 0.1) is 43.7 Å². The molecule has 9 nitrogen and oxygen atoms in total. The number of nitrogens with zero attached hydrogens (tertiary/aromatic N) is 2. The molecule has 0 spiro atoms. The molecular formula is C27H35N3O6. The fourth-order valence-corrected chi connectivity index (χ4v) is 3.12. The summed E-state index contributed by atoms with van der Waals surface area (Å²) in [6.45, 7) is 7.78. The summed E-state index contributed by atoms with van der Waals surface area (Å²) in [5.41, 5.74) is 2.12. The zero-order valence-corrected chi connectivity index (χ0v) is 21.4. The summed E-state index contributed by atoms with van der Waals surface area (Å²) < 4.78 is 11.2. The van der Waals surface area contributed by atoms with Gasteiger partial charge < -0.3 is 14.8 Å². The van der Waals surface area contributed by atoms with Gasteiger partial charge in [-0.1, -0.05) is 20.8 Å². The Kier molecular flexibility index (Phi) is 12.0. The van der Waals surface area contributed by atoms with E-state index in [1.807, 2.05) is 13.8 Å². The molecule has 0 radical (unpaired) electrons. The average Bonchev–Trinajstić information content (AvgIpc) is 2.88. The van der Waals surface area contributed by atoms with Gasteiger partial charge in [-0.3, -0.25) is 29.1 Å².